The van der Waals surface area contributed by atoms with E-state index >= 15 is 0 Å². The van der Waals surface area contributed by atoms with Crippen molar-refractivity contribution in [1.82, 2.24) is 21.3 Å². The van der Waals surface area contributed by atoms with Gasteiger partial charge < -0.3 is 35.5 Å². The summed E-state index contributed by atoms with van der Waals surface area (Å²) in [6.45, 7) is 9.16. The number of hydrogen-bond donors (Lipinski definition) is 4. The molecule has 226 valence electrons. The van der Waals surface area contributed by atoms with Crippen molar-refractivity contribution in [2.45, 2.75) is 90.6 Å². The van der Waals surface area contributed by atoms with Crippen molar-refractivity contribution in [3.8, 4) is 0 Å². The lowest BCUT2D eigenvalue weighted by Gasteiger charge is -2.26. The van der Waals surface area contributed by atoms with Gasteiger partial charge in [-0.1, -0.05) is 44.2 Å². The first-order valence-electron chi connectivity index (χ1n) is 13.8. The molecule has 1 aliphatic heterocycles. The minimum absolute atomic E-state index is 0.0329. The van der Waals surface area contributed by atoms with Gasteiger partial charge in [-0.2, -0.15) is 0 Å². The summed E-state index contributed by atoms with van der Waals surface area (Å²) in [6, 6.07) is 5.51. The van der Waals surface area contributed by atoms with E-state index in [1.165, 1.54) is 0 Å². The predicted octanol–water partition coefficient (Wildman–Crippen LogP) is 1.75. The van der Waals surface area contributed by atoms with Crippen molar-refractivity contribution in [3.05, 3.63) is 35.9 Å². The monoisotopic (exact) mass is 574 g/mol. The first kappa shape index (κ1) is 33.2. The van der Waals surface area contributed by atoms with E-state index in [4.69, 9.17) is 9.47 Å². The van der Waals surface area contributed by atoms with Crippen LogP contribution < -0.4 is 21.3 Å². The van der Waals surface area contributed by atoms with E-state index in [1.807, 2.05) is 19.9 Å². The van der Waals surface area contributed by atoms with E-state index in [1.54, 1.807) is 45.0 Å². The number of nitrogens with one attached hydrogen (secondary N) is 4. The van der Waals surface area contributed by atoms with E-state index in [9.17, 15) is 28.8 Å². The lowest BCUT2D eigenvalue weighted by molar-refractivity contribution is -0.156. The molecule has 1 aromatic rings. The summed E-state index contributed by atoms with van der Waals surface area (Å²) in [5.74, 6) is -2.76. The number of hydrogen-bond acceptors (Lipinski definition) is 8. The molecule has 12 heteroatoms. The lowest BCUT2D eigenvalue weighted by Crippen LogP contribution is -2.56. The maximum atomic E-state index is 13.3. The van der Waals surface area contributed by atoms with Gasteiger partial charge in [-0.25, -0.2) is 4.79 Å². The average molecular weight is 575 g/mol. The molecule has 0 spiro atoms. The molecule has 1 saturated heterocycles. The average Bonchev–Trinajstić information content (AvgIpc) is 3.29. The standard InChI is InChI=1S/C29H42N4O8/c1-18(2)13-22(26(37)31-21(16-34)14-20-11-12-30-25(20)36)32-27(38)23(15-24(35)41-29(3,4)5)33-28(39)40-17-19-9-7-6-8-10-19/h6-10,16,18,20-23H,11-15,17H2,1-5H3,(H,30,36)(H,31,37)(H,32,38)(H,33,39)/t20-,21-,22-,23-/m0/s1. The Bertz CT molecular complexity index is 1070. The van der Waals surface area contributed by atoms with Crippen molar-refractivity contribution in [2.75, 3.05) is 6.54 Å². The molecule has 2 rings (SSSR count). The second-order valence-corrected chi connectivity index (χ2v) is 11.5. The van der Waals surface area contributed by atoms with Gasteiger partial charge in [0.05, 0.1) is 12.5 Å². The molecule has 1 fully saturated rings. The molecule has 0 aromatic heterocycles. The first-order valence-corrected chi connectivity index (χ1v) is 13.8. The van der Waals surface area contributed by atoms with E-state index < -0.39 is 59.9 Å². The van der Waals surface area contributed by atoms with Crippen LogP contribution in [0.5, 0.6) is 0 Å². The molecule has 0 aliphatic carbocycles. The van der Waals surface area contributed by atoms with Gasteiger partial charge in [0.15, 0.2) is 0 Å². The summed E-state index contributed by atoms with van der Waals surface area (Å²) in [5.41, 5.74) is -0.101. The summed E-state index contributed by atoms with van der Waals surface area (Å²) < 4.78 is 10.5. The molecule has 1 heterocycles. The number of carbonyl (C=O) groups excluding carboxylic acids is 6. The summed E-state index contributed by atoms with van der Waals surface area (Å²) in [7, 11) is 0. The summed E-state index contributed by atoms with van der Waals surface area (Å²) in [6.07, 6.45) is 0.0346. The Morgan fingerprint density at radius 3 is 2.24 bits per heavy atom. The van der Waals surface area contributed by atoms with Gasteiger partial charge in [-0.05, 0) is 51.5 Å². The Kier molecular flexibility index (Phi) is 12.8. The van der Waals surface area contributed by atoms with Crippen molar-refractivity contribution >= 4 is 36.1 Å². The Morgan fingerprint density at radius 1 is 1.02 bits per heavy atom. The maximum Gasteiger partial charge on any atom is 0.408 e. The lowest BCUT2D eigenvalue weighted by atomic mass is 9.98. The molecule has 41 heavy (non-hydrogen) atoms. The molecular formula is C29H42N4O8. The second-order valence-electron chi connectivity index (χ2n) is 11.5. The van der Waals surface area contributed by atoms with E-state index in [0.29, 0.717) is 19.3 Å². The van der Waals surface area contributed by atoms with Crippen LogP contribution >= 0.6 is 0 Å². The fourth-order valence-electron chi connectivity index (χ4n) is 4.25. The number of rotatable bonds is 14. The highest BCUT2D eigenvalue weighted by molar-refractivity contribution is 5.94. The van der Waals surface area contributed by atoms with Gasteiger partial charge in [0, 0.05) is 12.5 Å². The van der Waals surface area contributed by atoms with Crippen LogP contribution in [0.3, 0.4) is 0 Å². The highest BCUT2D eigenvalue weighted by Gasteiger charge is 2.33. The zero-order valence-electron chi connectivity index (χ0n) is 24.4. The molecule has 4 amide bonds. The molecule has 12 nitrogen and oxygen atoms in total. The zero-order valence-corrected chi connectivity index (χ0v) is 24.4. The number of carbonyl (C=O) groups is 6. The van der Waals surface area contributed by atoms with Crippen LogP contribution in [0.2, 0.25) is 0 Å². The van der Waals surface area contributed by atoms with Crippen LogP contribution in [-0.4, -0.2) is 66.3 Å². The van der Waals surface area contributed by atoms with Crippen molar-refractivity contribution < 1.29 is 38.2 Å². The van der Waals surface area contributed by atoms with Gasteiger partial charge in [-0.3, -0.25) is 19.2 Å². The molecule has 0 bridgehead atoms. The van der Waals surface area contributed by atoms with Crippen molar-refractivity contribution in [3.63, 3.8) is 0 Å². The van der Waals surface area contributed by atoms with Crippen LogP contribution in [0.1, 0.15) is 65.9 Å². The molecule has 4 N–H and O–H groups in total. The van der Waals surface area contributed by atoms with E-state index in [-0.39, 0.29) is 31.3 Å². The van der Waals surface area contributed by atoms with Crippen LogP contribution in [-0.2, 0) is 40.1 Å². The Labute approximate surface area is 240 Å². The topological polar surface area (TPSA) is 169 Å². The summed E-state index contributed by atoms with van der Waals surface area (Å²) in [4.78, 5) is 75.2. The third kappa shape index (κ3) is 12.4. The largest absolute Gasteiger partial charge is 0.460 e. The molecule has 0 radical (unpaired) electrons. The third-order valence-electron chi connectivity index (χ3n) is 6.15. The van der Waals surface area contributed by atoms with Gasteiger partial charge in [0.1, 0.15) is 30.6 Å². The molecule has 1 aromatic carbocycles. The highest BCUT2D eigenvalue weighted by atomic mass is 16.6. The minimum Gasteiger partial charge on any atom is -0.460 e. The quantitative estimate of drug-likeness (QED) is 0.192. The van der Waals surface area contributed by atoms with Crippen molar-refractivity contribution in [1.29, 1.82) is 0 Å². The third-order valence-corrected chi connectivity index (χ3v) is 6.15. The smallest absolute Gasteiger partial charge is 0.408 e. The van der Waals surface area contributed by atoms with Crippen molar-refractivity contribution in [2.24, 2.45) is 11.8 Å². The molecule has 1 aliphatic rings. The number of ether oxygens (including phenoxy) is 2. The van der Waals surface area contributed by atoms with Gasteiger partial charge in [0.2, 0.25) is 17.7 Å². The van der Waals surface area contributed by atoms with E-state index in [2.05, 4.69) is 21.3 Å². The highest BCUT2D eigenvalue weighted by Crippen LogP contribution is 2.16. The Morgan fingerprint density at radius 2 is 1.68 bits per heavy atom. The first-order chi connectivity index (χ1) is 19.3. The Hall–Kier alpha value is -3.96. The molecule has 0 saturated carbocycles. The fraction of sp³-hybridized carbons (Fsp3) is 0.586. The summed E-state index contributed by atoms with van der Waals surface area (Å²) in [5, 5.41) is 10.3. The Balaban J connectivity index is 2.12. The number of benzene rings is 1. The number of esters is 1. The fourth-order valence-corrected chi connectivity index (χ4v) is 4.25. The molecular weight excluding hydrogens is 532 g/mol. The molecule has 0 unspecified atom stereocenters. The minimum atomic E-state index is -1.40. The number of aldehydes is 1. The van der Waals surface area contributed by atoms with Crippen LogP contribution in [0.25, 0.3) is 0 Å². The summed E-state index contributed by atoms with van der Waals surface area (Å²) >= 11 is 0. The van der Waals surface area contributed by atoms with Crippen LogP contribution in [0.15, 0.2) is 30.3 Å². The van der Waals surface area contributed by atoms with Gasteiger partial charge >= 0.3 is 12.1 Å². The second kappa shape index (κ2) is 15.7. The van der Waals surface area contributed by atoms with E-state index in [0.717, 1.165) is 5.56 Å². The SMILES string of the molecule is CC(C)C[C@H](NC(=O)[C@H](CC(=O)OC(C)(C)C)NC(=O)OCc1ccccc1)C(=O)N[C@H](C=O)C[C@@H]1CCNC1=O. The normalized spacial score (nSPS) is 17.0. The number of amides is 4. The predicted molar refractivity (Wildman–Crippen MR) is 149 cm³/mol. The van der Waals surface area contributed by atoms with Crippen LogP contribution in [0.4, 0.5) is 4.79 Å². The number of alkyl carbamates (subject to hydrolysis) is 1. The molecule has 4 atom stereocenters. The van der Waals surface area contributed by atoms with Crippen LogP contribution in [0, 0.1) is 11.8 Å². The zero-order chi connectivity index (χ0) is 30.6. The van der Waals surface area contributed by atoms with Gasteiger partial charge in [0.25, 0.3) is 0 Å². The van der Waals surface area contributed by atoms with Gasteiger partial charge in [-0.15, -0.1) is 0 Å². The maximum absolute atomic E-state index is 13.3.